The number of aryl methyl sites for hydroxylation is 2. The van der Waals surface area contributed by atoms with Crippen LogP contribution in [0, 0.1) is 13.8 Å². The summed E-state index contributed by atoms with van der Waals surface area (Å²) in [5, 5.41) is 3.12. The van der Waals surface area contributed by atoms with Crippen molar-refractivity contribution in [2.75, 3.05) is 18.4 Å². The zero-order valence-electron chi connectivity index (χ0n) is 14.0. The van der Waals surface area contributed by atoms with Gasteiger partial charge in [0, 0.05) is 5.69 Å². The van der Waals surface area contributed by atoms with Gasteiger partial charge in [0.25, 0.3) is 0 Å². The molecule has 0 aromatic heterocycles. The molecule has 1 saturated heterocycles. The van der Waals surface area contributed by atoms with Crippen LogP contribution in [-0.4, -0.2) is 29.9 Å². The van der Waals surface area contributed by atoms with Crippen LogP contribution in [-0.2, 0) is 4.79 Å². The number of rotatable bonds is 6. The lowest BCUT2D eigenvalue weighted by Gasteiger charge is -2.24. The normalized spacial score (nSPS) is 18.0. The van der Waals surface area contributed by atoms with Gasteiger partial charge in [0.1, 0.15) is 0 Å². The van der Waals surface area contributed by atoms with Gasteiger partial charge in [-0.05, 0) is 57.8 Å². The van der Waals surface area contributed by atoms with Gasteiger partial charge in [0.2, 0.25) is 5.91 Å². The van der Waals surface area contributed by atoms with E-state index in [-0.39, 0.29) is 24.4 Å². The van der Waals surface area contributed by atoms with Gasteiger partial charge in [-0.25, -0.2) is 0 Å². The zero-order chi connectivity index (χ0) is 15.2. The molecular weight excluding hydrogens is 296 g/mol. The van der Waals surface area contributed by atoms with E-state index in [2.05, 4.69) is 43.1 Å². The third-order valence-electron chi connectivity index (χ3n) is 4.35. The molecule has 0 spiro atoms. The first kappa shape index (κ1) is 19.0. The first-order chi connectivity index (χ1) is 10.1. The summed E-state index contributed by atoms with van der Waals surface area (Å²) in [6.07, 6.45) is 5.80. The van der Waals surface area contributed by atoms with Crippen LogP contribution < -0.4 is 5.32 Å². The highest BCUT2D eigenvalue weighted by molar-refractivity contribution is 5.95. The van der Waals surface area contributed by atoms with E-state index in [1.807, 2.05) is 6.07 Å². The van der Waals surface area contributed by atoms with Gasteiger partial charge < -0.3 is 5.32 Å². The van der Waals surface area contributed by atoms with Gasteiger partial charge in [-0.3, -0.25) is 9.69 Å². The highest BCUT2D eigenvalue weighted by atomic mass is 35.5. The van der Waals surface area contributed by atoms with Gasteiger partial charge in [0.05, 0.1) is 6.04 Å². The van der Waals surface area contributed by atoms with Gasteiger partial charge in [-0.15, -0.1) is 12.4 Å². The number of hydrogen-bond acceptors (Lipinski definition) is 2. The Morgan fingerprint density at radius 3 is 2.77 bits per heavy atom. The molecule has 1 aromatic rings. The van der Waals surface area contributed by atoms with Crippen molar-refractivity contribution in [1.29, 1.82) is 0 Å². The molecular formula is C18H29ClN2O. The van der Waals surface area contributed by atoms with E-state index in [0.29, 0.717) is 0 Å². The van der Waals surface area contributed by atoms with E-state index in [1.54, 1.807) is 0 Å². The van der Waals surface area contributed by atoms with Crippen molar-refractivity contribution >= 4 is 24.0 Å². The lowest BCUT2D eigenvalue weighted by atomic mass is 10.1. The van der Waals surface area contributed by atoms with Crippen molar-refractivity contribution in [3.8, 4) is 0 Å². The van der Waals surface area contributed by atoms with E-state index < -0.39 is 0 Å². The van der Waals surface area contributed by atoms with Gasteiger partial charge in [0.15, 0.2) is 0 Å². The van der Waals surface area contributed by atoms with Crippen LogP contribution in [0.2, 0.25) is 0 Å². The highest BCUT2D eigenvalue weighted by Crippen LogP contribution is 2.22. The molecule has 0 saturated carbocycles. The van der Waals surface area contributed by atoms with Crippen molar-refractivity contribution < 1.29 is 4.79 Å². The Kier molecular flexibility index (Phi) is 7.91. The maximum Gasteiger partial charge on any atom is 0.241 e. The molecule has 4 heteroatoms. The summed E-state index contributed by atoms with van der Waals surface area (Å²) in [6.45, 7) is 8.46. The van der Waals surface area contributed by atoms with Gasteiger partial charge in [-0.1, -0.05) is 37.5 Å². The summed E-state index contributed by atoms with van der Waals surface area (Å²) in [7, 11) is 0. The Labute approximate surface area is 140 Å². The topological polar surface area (TPSA) is 32.3 Å². The Bertz CT molecular complexity index is 490. The summed E-state index contributed by atoms with van der Waals surface area (Å²) >= 11 is 0. The predicted molar refractivity (Wildman–Crippen MR) is 95.9 cm³/mol. The Hall–Kier alpha value is -1.06. The van der Waals surface area contributed by atoms with E-state index in [1.165, 1.54) is 24.8 Å². The summed E-state index contributed by atoms with van der Waals surface area (Å²) in [5.74, 6) is 0.163. The Morgan fingerprint density at radius 1 is 1.32 bits per heavy atom. The molecule has 1 aromatic carbocycles. The van der Waals surface area contributed by atoms with E-state index in [9.17, 15) is 4.79 Å². The number of unbranched alkanes of at least 4 members (excludes halogenated alkanes) is 2. The number of anilines is 1. The molecule has 1 aliphatic heterocycles. The zero-order valence-corrected chi connectivity index (χ0v) is 14.8. The SMILES string of the molecule is CCCCCN1CCCC1C(=O)Nc1ccc(C)cc1C.Cl. The summed E-state index contributed by atoms with van der Waals surface area (Å²) < 4.78 is 0. The fraction of sp³-hybridized carbons (Fsp3) is 0.611. The molecule has 1 N–H and O–H groups in total. The molecule has 3 nitrogen and oxygen atoms in total. The van der Waals surface area contributed by atoms with Gasteiger partial charge >= 0.3 is 0 Å². The number of benzene rings is 1. The summed E-state index contributed by atoms with van der Waals surface area (Å²) in [4.78, 5) is 14.9. The average molecular weight is 325 g/mol. The lowest BCUT2D eigenvalue weighted by Crippen LogP contribution is -2.40. The maximum absolute atomic E-state index is 12.5. The first-order valence-electron chi connectivity index (χ1n) is 8.24. The summed E-state index contributed by atoms with van der Waals surface area (Å²) in [6, 6.07) is 6.24. The number of amides is 1. The minimum atomic E-state index is 0. The molecule has 22 heavy (non-hydrogen) atoms. The molecule has 1 unspecified atom stereocenters. The van der Waals surface area contributed by atoms with Crippen molar-refractivity contribution in [3.05, 3.63) is 29.3 Å². The second kappa shape index (κ2) is 9.16. The van der Waals surface area contributed by atoms with Crippen LogP contribution in [0.3, 0.4) is 0 Å². The average Bonchev–Trinajstić information content (AvgIpc) is 2.91. The van der Waals surface area contributed by atoms with Crippen LogP contribution in [0.25, 0.3) is 0 Å². The van der Waals surface area contributed by atoms with E-state index in [4.69, 9.17) is 0 Å². The van der Waals surface area contributed by atoms with Crippen LogP contribution in [0.1, 0.15) is 50.2 Å². The summed E-state index contributed by atoms with van der Waals surface area (Å²) in [5.41, 5.74) is 3.32. The van der Waals surface area contributed by atoms with Crippen molar-refractivity contribution in [3.63, 3.8) is 0 Å². The number of likely N-dealkylation sites (tertiary alicyclic amines) is 1. The molecule has 0 aliphatic carbocycles. The number of nitrogens with one attached hydrogen (secondary N) is 1. The van der Waals surface area contributed by atoms with Crippen LogP contribution in [0.15, 0.2) is 18.2 Å². The third kappa shape index (κ3) is 4.99. The number of halogens is 1. The quantitative estimate of drug-likeness (QED) is 0.790. The van der Waals surface area contributed by atoms with Crippen LogP contribution >= 0.6 is 12.4 Å². The molecule has 1 atom stereocenters. The monoisotopic (exact) mass is 324 g/mol. The fourth-order valence-electron chi connectivity index (χ4n) is 3.13. The lowest BCUT2D eigenvalue weighted by molar-refractivity contribution is -0.120. The largest absolute Gasteiger partial charge is 0.324 e. The number of carbonyl (C=O) groups excluding carboxylic acids is 1. The molecule has 1 aliphatic rings. The van der Waals surface area contributed by atoms with Crippen molar-refractivity contribution in [2.24, 2.45) is 0 Å². The number of hydrogen-bond donors (Lipinski definition) is 1. The van der Waals surface area contributed by atoms with Crippen LogP contribution in [0.5, 0.6) is 0 Å². The molecule has 0 bridgehead atoms. The maximum atomic E-state index is 12.5. The molecule has 1 fully saturated rings. The second-order valence-corrected chi connectivity index (χ2v) is 6.21. The Morgan fingerprint density at radius 2 is 2.09 bits per heavy atom. The molecule has 124 valence electrons. The van der Waals surface area contributed by atoms with E-state index >= 15 is 0 Å². The number of nitrogens with zero attached hydrogens (tertiary/aromatic N) is 1. The minimum Gasteiger partial charge on any atom is -0.324 e. The fourth-order valence-corrected chi connectivity index (χ4v) is 3.13. The molecule has 2 rings (SSSR count). The Balaban J connectivity index is 0.00000242. The number of carbonyl (C=O) groups is 1. The van der Waals surface area contributed by atoms with Gasteiger partial charge in [-0.2, -0.15) is 0 Å². The van der Waals surface area contributed by atoms with E-state index in [0.717, 1.165) is 37.2 Å². The first-order valence-corrected chi connectivity index (χ1v) is 8.24. The minimum absolute atomic E-state index is 0. The predicted octanol–water partition coefficient (Wildman–Crippen LogP) is 4.32. The van der Waals surface area contributed by atoms with Crippen LogP contribution in [0.4, 0.5) is 5.69 Å². The second-order valence-electron chi connectivity index (χ2n) is 6.21. The smallest absolute Gasteiger partial charge is 0.241 e. The highest BCUT2D eigenvalue weighted by Gasteiger charge is 2.30. The van der Waals surface area contributed by atoms with Crippen molar-refractivity contribution in [2.45, 2.75) is 58.9 Å². The van der Waals surface area contributed by atoms with Crippen molar-refractivity contribution in [1.82, 2.24) is 4.90 Å². The standard InChI is InChI=1S/C18H28N2O.ClH/c1-4-5-6-11-20-12-7-8-17(20)18(21)19-16-10-9-14(2)13-15(16)3;/h9-10,13,17H,4-8,11-12H2,1-3H3,(H,19,21);1H. The molecule has 1 amide bonds. The molecule has 1 heterocycles. The third-order valence-corrected chi connectivity index (χ3v) is 4.35. The molecule has 0 radical (unpaired) electrons.